The van der Waals surface area contributed by atoms with Crippen molar-refractivity contribution in [2.75, 3.05) is 44.3 Å². The van der Waals surface area contributed by atoms with Gasteiger partial charge in [0.25, 0.3) is 0 Å². The lowest BCUT2D eigenvalue weighted by Crippen LogP contribution is -2.33. The molecular formula is C24H31N5O. The molecule has 2 aromatic heterocycles. The number of benzene rings is 1. The maximum absolute atomic E-state index is 5.97. The molecule has 6 heteroatoms. The van der Waals surface area contributed by atoms with Crippen LogP contribution in [0.15, 0.2) is 49.1 Å². The molecule has 0 bridgehead atoms. The summed E-state index contributed by atoms with van der Waals surface area (Å²) in [6.07, 6.45) is 12.7. The molecule has 1 atom stereocenters. The first-order valence-corrected chi connectivity index (χ1v) is 11.3. The third kappa shape index (κ3) is 4.50. The fraction of sp³-hybridized carbons (Fsp3) is 0.500. The van der Waals surface area contributed by atoms with Gasteiger partial charge in [0.1, 0.15) is 0 Å². The van der Waals surface area contributed by atoms with E-state index in [0.29, 0.717) is 5.92 Å². The Labute approximate surface area is 178 Å². The van der Waals surface area contributed by atoms with Crippen LogP contribution in [-0.2, 0) is 17.7 Å². The normalized spacial score (nSPS) is 21.1. The Morgan fingerprint density at radius 3 is 2.87 bits per heavy atom. The van der Waals surface area contributed by atoms with E-state index in [4.69, 9.17) is 4.74 Å². The summed E-state index contributed by atoms with van der Waals surface area (Å²) >= 11 is 0. The Kier molecular flexibility index (Phi) is 5.95. The minimum atomic E-state index is 0.447. The van der Waals surface area contributed by atoms with Gasteiger partial charge < -0.3 is 14.0 Å². The summed E-state index contributed by atoms with van der Waals surface area (Å²) in [6, 6.07) is 8.97. The predicted octanol–water partition coefficient (Wildman–Crippen LogP) is 3.41. The topological polar surface area (TPSA) is 45.9 Å². The molecule has 0 aliphatic carbocycles. The number of rotatable bonds is 5. The Morgan fingerprint density at radius 2 is 1.93 bits per heavy atom. The number of nitrogens with zero attached hydrogens (tertiary/aromatic N) is 5. The first-order valence-electron chi connectivity index (χ1n) is 11.3. The highest BCUT2D eigenvalue weighted by Crippen LogP contribution is 2.26. The summed E-state index contributed by atoms with van der Waals surface area (Å²) < 4.78 is 8.02. The van der Waals surface area contributed by atoms with Gasteiger partial charge in [0, 0.05) is 62.9 Å². The second-order valence-corrected chi connectivity index (χ2v) is 8.63. The van der Waals surface area contributed by atoms with Gasteiger partial charge in [-0.25, -0.2) is 4.98 Å². The minimum absolute atomic E-state index is 0.447. The molecule has 5 rings (SSSR count). The lowest BCUT2D eigenvalue weighted by Gasteiger charge is -2.32. The van der Waals surface area contributed by atoms with Crippen LogP contribution in [0.1, 0.15) is 30.5 Å². The van der Waals surface area contributed by atoms with E-state index in [1.54, 1.807) is 0 Å². The molecule has 0 unspecified atom stereocenters. The molecular weight excluding hydrogens is 374 g/mol. The third-order valence-corrected chi connectivity index (χ3v) is 6.33. The van der Waals surface area contributed by atoms with Crippen LogP contribution in [-0.4, -0.2) is 58.7 Å². The van der Waals surface area contributed by atoms with E-state index in [1.165, 1.54) is 43.6 Å². The van der Waals surface area contributed by atoms with Crippen molar-refractivity contribution in [3.05, 3.63) is 60.3 Å². The number of fused-ring (bicyclic) bond motifs is 1. The van der Waals surface area contributed by atoms with Crippen LogP contribution >= 0.6 is 0 Å². The lowest BCUT2D eigenvalue weighted by atomic mass is 10.0. The fourth-order valence-corrected chi connectivity index (χ4v) is 4.82. The first kappa shape index (κ1) is 19.5. The number of hydrogen-bond donors (Lipinski definition) is 0. The molecule has 2 fully saturated rings. The third-order valence-electron chi connectivity index (χ3n) is 6.33. The molecule has 2 saturated heterocycles. The number of hydrogen-bond acceptors (Lipinski definition) is 5. The van der Waals surface area contributed by atoms with E-state index >= 15 is 0 Å². The van der Waals surface area contributed by atoms with Crippen molar-refractivity contribution >= 4 is 11.3 Å². The lowest BCUT2D eigenvalue weighted by molar-refractivity contribution is 0.121. The summed E-state index contributed by atoms with van der Waals surface area (Å²) in [6.45, 7) is 6.98. The number of aromatic nitrogens is 3. The summed E-state index contributed by atoms with van der Waals surface area (Å²) in [4.78, 5) is 14.1. The van der Waals surface area contributed by atoms with Gasteiger partial charge in [-0.3, -0.25) is 9.88 Å². The Bertz CT molecular complexity index is 965. The minimum Gasteiger partial charge on any atom is -0.380 e. The molecule has 2 aliphatic rings. The van der Waals surface area contributed by atoms with E-state index in [0.717, 1.165) is 50.6 Å². The molecule has 30 heavy (non-hydrogen) atoms. The molecule has 0 N–H and O–H groups in total. The van der Waals surface area contributed by atoms with Crippen molar-refractivity contribution in [1.82, 2.24) is 19.3 Å². The zero-order valence-electron chi connectivity index (χ0n) is 17.6. The number of anilines is 1. The number of para-hydroxylation sites is 1. The quantitative estimate of drug-likeness (QED) is 0.651. The molecule has 6 nitrogen and oxygen atoms in total. The molecule has 0 amide bonds. The average Bonchev–Trinajstić information content (AvgIpc) is 3.14. The van der Waals surface area contributed by atoms with Crippen molar-refractivity contribution in [2.45, 2.75) is 32.2 Å². The van der Waals surface area contributed by atoms with Crippen LogP contribution in [0.5, 0.6) is 0 Å². The van der Waals surface area contributed by atoms with Crippen molar-refractivity contribution < 1.29 is 4.74 Å². The van der Waals surface area contributed by atoms with Crippen LogP contribution in [0.4, 0.5) is 5.69 Å². The van der Waals surface area contributed by atoms with Crippen LogP contribution in [0.2, 0.25) is 0 Å². The van der Waals surface area contributed by atoms with E-state index in [9.17, 15) is 0 Å². The monoisotopic (exact) mass is 405 g/mol. The van der Waals surface area contributed by atoms with E-state index in [-0.39, 0.29) is 0 Å². The standard InChI is InChI=1S/C24H31N5O/c1-4-9-28(10-5-1)23-7-3-2-6-21(23)17-27-12-13-30-19-20(16-27)14-22-18-29-11-8-25-24(29)15-26-22/h2-3,6-8,11,15,18,20H,1,4-5,9-10,12-14,16-17,19H2/t20-/m1/s1. The highest BCUT2D eigenvalue weighted by atomic mass is 16.5. The molecule has 1 aromatic carbocycles. The van der Waals surface area contributed by atoms with Crippen LogP contribution in [0.25, 0.3) is 5.65 Å². The van der Waals surface area contributed by atoms with Gasteiger partial charge in [0.05, 0.1) is 25.1 Å². The summed E-state index contributed by atoms with van der Waals surface area (Å²) in [5.74, 6) is 0.447. The maximum Gasteiger partial charge on any atom is 0.155 e. The smallest absolute Gasteiger partial charge is 0.155 e. The van der Waals surface area contributed by atoms with Gasteiger partial charge in [-0.2, -0.15) is 0 Å². The van der Waals surface area contributed by atoms with Gasteiger partial charge >= 0.3 is 0 Å². The largest absolute Gasteiger partial charge is 0.380 e. The molecule has 0 saturated carbocycles. The molecule has 3 aromatic rings. The summed E-state index contributed by atoms with van der Waals surface area (Å²) in [7, 11) is 0. The van der Waals surface area contributed by atoms with Crippen LogP contribution in [0, 0.1) is 5.92 Å². The Morgan fingerprint density at radius 1 is 1.03 bits per heavy atom. The van der Waals surface area contributed by atoms with Crippen molar-refractivity contribution in [1.29, 1.82) is 0 Å². The van der Waals surface area contributed by atoms with Crippen LogP contribution in [0.3, 0.4) is 0 Å². The number of imidazole rings is 1. The molecule has 0 radical (unpaired) electrons. The van der Waals surface area contributed by atoms with Gasteiger partial charge in [-0.15, -0.1) is 0 Å². The highest BCUT2D eigenvalue weighted by Gasteiger charge is 2.22. The van der Waals surface area contributed by atoms with Gasteiger partial charge in [0.15, 0.2) is 5.65 Å². The molecule has 158 valence electrons. The van der Waals surface area contributed by atoms with Crippen molar-refractivity contribution in [3.63, 3.8) is 0 Å². The van der Waals surface area contributed by atoms with Crippen molar-refractivity contribution in [3.8, 4) is 0 Å². The summed E-state index contributed by atoms with van der Waals surface area (Å²) in [5.41, 5.74) is 4.86. The van der Waals surface area contributed by atoms with Crippen LogP contribution < -0.4 is 4.90 Å². The SMILES string of the molecule is c1ccc(N2CCCCC2)c(CN2CCOC[C@H](Cc3cn4ccnc4cn3)C2)c1. The van der Waals surface area contributed by atoms with Gasteiger partial charge in [-0.1, -0.05) is 18.2 Å². The van der Waals surface area contributed by atoms with Gasteiger partial charge in [-0.05, 0) is 37.3 Å². The van der Waals surface area contributed by atoms with E-state index in [1.807, 2.05) is 23.0 Å². The highest BCUT2D eigenvalue weighted by molar-refractivity contribution is 5.53. The zero-order valence-corrected chi connectivity index (χ0v) is 17.6. The van der Waals surface area contributed by atoms with Crippen molar-refractivity contribution in [2.24, 2.45) is 5.92 Å². The Hall–Kier alpha value is -2.44. The molecule has 4 heterocycles. The van der Waals surface area contributed by atoms with E-state index < -0.39 is 0 Å². The Balaban J connectivity index is 1.28. The molecule has 2 aliphatic heterocycles. The number of ether oxygens (including phenoxy) is 1. The van der Waals surface area contributed by atoms with Gasteiger partial charge in [0.2, 0.25) is 0 Å². The summed E-state index contributed by atoms with van der Waals surface area (Å²) in [5, 5.41) is 0. The maximum atomic E-state index is 5.97. The zero-order chi connectivity index (χ0) is 20.2. The predicted molar refractivity (Wildman–Crippen MR) is 119 cm³/mol. The van der Waals surface area contributed by atoms with E-state index in [2.05, 4.69) is 50.2 Å². The number of piperidine rings is 1. The second-order valence-electron chi connectivity index (χ2n) is 8.63. The molecule has 0 spiro atoms. The second kappa shape index (κ2) is 9.14. The first-order chi connectivity index (χ1) is 14.8. The average molecular weight is 406 g/mol. The fourth-order valence-electron chi connectivity index (χ4n) is 4.82.